The van der Waals surface area contributed by atoms with Gasteiger partial charge in [0.05, 0.1) is 5.75 Å². The van der Waals surface area contributed by atoms with Crippen LogP contribution in [0.4, 0.5) is 0 Å². The van der Waals surface area contributed by atoms with Crippen molar-refractivity contribution in [2.75, 3.05) is 25.4 Å². The number of sulfonamides is 1. The first-order valence-electron chi connectivity index (χ1n) is 5.28. The van der Waals surface area contributed by atoms with E-state index in [0.717, 1.165) is 25.9 Å². The normalized spacial score (nSPS) is 26.4. The molecule has 1 saturated heterocycles. The maximum atomic E-state index is 11.9. The van der Waals surface area contributed by atoms with Crippen molar-refractivity contribution in [2.24, 2.45) is 0 Å². The summed E-state index contributed by atoms with van der Waals surface area (Å²) in [6, 6.07) is 0.125. The maximum Gasteiger partial charge on any atom is 0.214 e. The molecule has 1 aliphatic rings. The molecule has 0 aliphatic carbocycles. The highest BCUT2D eigenvalue weighted by Crippen LogP contribution is 2.12. The second kappa shape index (κ2) is 5.09. The number of nitrogens with zero attached hydrogens (tertiary/aromatic N) is 1. The Hall–Kier alpha value is -0.130. The molecule has 4 nitrogen and oxygen atoms in total. The van der Waals surface area contributed by atoms with Gasteiger partial charge in [0.2, 0.25) is 10.0 Å². The van der Waals surface area contributed by atoms with Gasteiger partial charge in [-0.2, -0.15) is 4.31 Å². The van der Waals surface area contributed by atoms with Crippen LogP contribution in [0.1, 0.15) is 26.7 Å². The van der Waals surface area contributed by atoms with Crippen molar-refractivity contribution in [1.82, 2.24) is 9.62 Å². The van der Waals surface area contributed by atoms with Gasteiger partial charge in [0.25, 0.3) is 0 Å². The minimum atomic E-state index is -3.00. The summed E-state index contributed by atoms with van der Waals surface area (Å²) in [7, 11) is -3.00. The molecule has 0 radical (unpaired) electrons. The quantitative estimate of drug-likeness (QED) is 0.733. The maximum absolute atomic E-state index is 11.9. The molecule has 1 heterocycles. The highest BCUT2D eigenvalue weighted by molar-refractivity contribution is 7.89. The topological polar surface area (TPSA) is 49.4 Å². The summed E-state index contributed by atoms with van der Waals surface area (Å²) in [5.41, 5.74) is 0. The fourth-order valence-electron chi connectivity index (χ4n) is 1.65. The average molecular weight is 220 g/mol. The fourth-order valence-corrected chi connectivity index (χ4v) is 3.46. The van der Waals surface area contributed by atoms with Gasteiger partial charge in [0.15, 0.2) is 0 Å². The first-order chi connectivity index (χ1) is 6.58. The highest BCUT2D eigenvalue weighted by Gasteiger charge is 2.26. The summed E-state index contributed by atoms with van der Waals surface area (Å²) >= 11 is 0. The Kier molecular flexibility index (Phi) is 4.34. The van der Waals surface area contributed by atoms with Crippen LogP contribution >= 0.6 is 0 Å². The van der Waals surface area contributed by atoms with E-state index in [1.165, 1.54) is 0 Å². The molecule has 0 aromatic rings. The van der Waals surface area contributed by atoms with Crippen molar-refractivity contribution in [1.29, 1.82) is 0 Å². The molecule has 0 saturated carbocycles. The lowest BCUT2D eigenvalue weighted by molar-refractivity contribution is 0.321. The molecule has 84 valence electrons. The molecule has 1 atom stereocenters. The molecule has 0 spiro atoms. The first kappa shape index (κ1) is 11.9. The minimum absolute atomic E-state index is 0.125. The lowest BCUT2D eigenvalue weighted by Gasteiger charge is -2.29. The van der Waals surface area contributed by atoms with Crippen molar-refractivity contribution >= 4 is 10.0 Å². The van der Waals surface area contributed by atoms with E-state index in [1.807, 2.05) is 13.8 Å². The number of rotatable bonds is 2. The minimum Gasteiger partial charge on any atom is -0.315 e. The Bertz CT molecular complexity index is 264. The third kappa shape index (κ3) is 2.93. The van der Waals surface area contributed by atoms with Gasteiger partial charge >= 0.3 is 0 Å². The van der Waals surface area contributed by atoms with Crippen LogP contribution < -0.4 is 5.32 Å². The van der Waals surface area contributed by atoms with E-state index in [0.29, 0.717) is 6.54 Å². The molecule has 1 rings (SSSR count). The summed E-state index contributed by atoms with van der Waals surface area (Å²) in [5.74, 6) is 0.282. The van der Waals surface area contributed by atoms with E-state index < -0.39 is 10.0 Å². The van der Waals surface area contributed by atoms with E-state index in [-0.39, 0.29) is 11.8 Å². The molecule has 0 aromatic carbocycles. The van der Waals surface area contributed by atoms with Crippen molar-refractivity contribution < 1.29 is 8.42 Å². The monoisotopic (exact) mass is 220 g/mol. The molecular weight excluding hydrogens is 200 g/mol. The zero-order valence-corrected chi connectivity index (χ0v) is 9.81. The zero-order chi connectivity index (χ0) is 10.6. The summed E-state index contributed by atoms with van der Waals surface area (Å²) in [5, 5.41) is 3.23. The molecule has 1 N–H and O–H groups in total. The van der Waals surface area contributed by atoms with Crippen molar-refractivity contribution in [3.05, 3.63) is 0 Å². The molecule has 0 bridgehead atoms. The SMILES string of the molecule is CCC(C)N1CCNCCCS1(=O)=O. The Morgan fingerprint density at radius 1 is 1.43 bits per heavy atom. The van der Waals surface area contributed by atoms with E-state index in [1.54, 1.807) is 4.31 Å². The van der Waals surface area contributed by atoms with Crippen LogP contribution in [-0.2, 0) is 10.0 Å². The largest absolute Gasteiger partial charge is 0.315 e. The lowest BCUT2D eigenvalue weighted by Crippen LogP contribution is -2.45. The van der Waals surface area contributed by atoms with E-state index in [4.69, 9.17) is 0 Å². The van der Waals surface area contributed by atoms with Crippen LogP contribution in [0.3, 0.4) is 0 Å². The molecular formula is C9H20N2O2S. The molecule has 0 amide bonds. The Balaban J connectivity index is 2.75. The fraction of sp³-hybridized carbons (Fsp3) is 1.00. The summed E-state index contributed by atoms with van der Waals surface area (Å²) in [6.45, 7) is 6.18. The Labute approximate surface area is 86.7 Å². The van der Waals surface area contributed by atoms with Gasteiger partial charge in [-0.1, -0.05) is 6.92 Å². The van der Waals surface area contributed by atoms with Gasteiger partial charge in [-0.05, 0) is 26.3 Å². The van der Waals surface area contributed by atoms with Crippen LogP contribution in [0.5, 0.6) is 0 Å². The predicted octanol–water partition coefficient (Wildman–Crippen LogP) is 0.410. The van der Waals surface area contributed by atoms with Gasteiger partial charge in [-0.25, -0.2) is 8.42 Å². The van der Waals surface area contributed by atoms with E-state index >= 15 is 0 Å². The van der Waals surface area contributed by atoms with Crippen LogP contribution in [0, 0.1) is 0 Å². The molecule has 0 aromatic heterocycles. The predicted molar refractivity (Wildman–Crippen MR) is 57.7 cm³/mol. The number of nitrogens with one attached hydrogen (secondary N) is 1. The third-order valence-corrected chi connectivity index (χ3v) is 4.77. The van der Waals surface area contributed by atoms with Crippen molar-refractivity contribution in [3.63, 3.8) is 0 Å². The van der Waals surface area contributed by atoms with Gasteiger partial charge in [-0.3, -0.25) is 0 Å². The zero-order valence-electron chi connectivity index (χ0n) is 8.99. The van der Waals surface area contributed by atoms with Gasteiger partial charge in [-0.15, -0.1) is 0 Å². The molecule has 1 fully saturated rings. The van der Waals surface area contributed by atoms with Crippen LogP contribution in [0.15, 0.2) is 0 Å². The second-order valence-electron chi connectivity index (χ2n) is 3.79. The Morgan fingerprint density at radius 2 is 2.14 bits per heavy atom. The average Bonchev–Trinajstić information content (AvgIpc) is 2.12. The Morgan fingerprint density at radius 3 is 2.79 bits per heavy atom. The highest BCUT2D eigenvalue weighted by atomic mass is 32.2. The first-order valence-corrected chi connectivity index (χ1v) is 6.89. The molecule has 1 aliphatic heterocycles. The molecule has 14 heavy (non-hydrogen) atoms. The van der Waals surface area contributed by atoms with Crippen molar-refractivity contribution in [2.45, 2.75) is 32.7 Å². The standard InChI is InChI=1S/C9H20N2O2S/c1-3-9(2)11-7-6-10-5-4-8-14(11,12)13/h9-10H,3-8H2,1-2H3. The lowest BCUT2D eigenvalue weighted by atomic mass is 10.2. The van der Waals surface area contributed by atoms with E-state index in [2.05, 4.69) is 5.32 Å². The number of hydrogen-bond donors (Lipinski definition) is 1. The number of hydrogen-bond acceptors (Lipinski definition) is 3. The summed E-state index contributed by atoms with van der Waals surface area (Å²) in [4.78, 5) is 0. The van der Waals surface area contributed by atoms with Gasteiger partial charge in [0.1, 0.15) is 0 Å². The van der Waals surface area contributed by atoms with Gasteiger partial charge in [0, 0.05) is 19.1 Å². The molecule has 5 heteroatoms. The molecule has 1 unspecified atom stereocenters. The summed E-state index contributed by atoms with van der Waals surface area (Å²) in [6.07, 6.45) is 1.59. The smallest absolute Gasteiger partial charge is 0.214 e. The van der Waals surface area contributed by atoms with Crippen LogP contribution in [0.25, 0.3) is 0 Å². The van der Waals surface area contributed by atoms with Crippen LogP contribution in [-0.4, -0.2) is 44.2 Å². The van der Waals surface area contributed by atoms with Crippen molar-refractivity contribution in [3.8, 4) is 0 Å². The van der Waals surface area contributed by atoms with Gasteiger partial charge < -0.3 is 5.32 Å². The van der Waals surface area contributed by atoms with Crippen LogP contribution in [0.2, 0.25) is 0 Å². The third-order valence-electron chi connectivity index (χ3n) is 2.70. The second-order valence-corrected chi connectivity index (χ2v) is 5.83. The van der Waals surface area contributed by atoms with E-state index in [9.17, 15) is 8.42 Å². The summed E-state index contributed by atoms with van der Waals surface area (Å²) < 4.78 is 25.3.